The molecule has 0 amide bonds. The molecule has 4 nitrogen and oxygen atoms in total. The molecule has 0 bridgehead atoms. The van der Waals surface area contributed by atoms with Crippen molar-refractivity contribution < 1.29 is 0 Å². The highest BCUT2D eigenvalue weighted by Gasteiger charge is 1.95. The van der Waals surface area contributed by atoms with Crippen LogP contribution in [-0.2, 0) is 0 Å². The highest BCUT2D eigenvalue weighted by atomic mass is 32.1. The van der Waals surface area contributed by atoms with Crippen LogP contribution in [0, 0.1) is 5.41 Å². The maximum atomic E-state index is 6.84. The number of nitrogens with two attached hydrogens (primary N) is 1. The van der Waals surface area contributed by atoms with Gasteiger partial charge in [-0.05, 0) is 0 Å². The summed E-state index contributed by atoms with van der Waals surface area (Å²) in [6.07, 6.45) is 0. The number of hydrogen-bond acceptors (Lipinski definition) is 4. The van der Waals surface area contributed by atoms with Gasteiger partial charge in [0.1, 0.15) is 5.51 Å². The van der Waals surface area contributed by atoms with Crippen LogP contribution in [0.2, 0.25) is 0 Å². The van der Waals surface area contributed by atoms with E-state index < -0.39 is 0 Å². The minimum absolute atomic E-state index is 0.0208. The van der Waals surface area contributed by atoms with Crippen LogP contribution in [0.3, 0.4) is 0 Å². The highest BCUT2D eigenvalue weighted by molar-refractivity contribution is 7.11. The van der Waals surface area contributed by atoms with Gasteiger partial charge >= 0.3 is 0 Å². The molecule has 0 spiro atoms. The molecule has 0 radical (unpaired) electrons. The van der Waals surface area contributed by atoms with Crippen molar-refractivity contribution in [1.82, 2.24) is 10.2 Å². The quantitative estimate of drug-likeness (QED) is 0.407. The van der Waals surface area contributed by atoms with Crippen molar-refractivity contribution in [2.75, 3.05) is 0 Å². The van der Waals surface area contributed by atoms with Gasteiger partial charge < -0.3 is 5.73 Å². The van der Waals surface area contributed by atoms with Gasteiger partial charge in [0, 0.05) is 0 Å². The second-order valence-electron chi connectivity index (χ2n) is 1.16. The van der Waals surface area contributed by atoms with E-state index in [1.165, 1.54) is 16.8 Å². The molecule has 1 heterocycles. The van der Waals surface area contributed by atoms with Crippen molar-refractivity contribution in [1.29, 1.82) is 5.41 Å². The van der Waals surface area contributed by atoms with Gasteiger partial charge in [-0.2, -0.15) is 0 Å². The normalized spacial score (nSPS) is 9.00. The average molecular weight is 128 g/mol. The molecule has 0 fully saturated rings. The second kappa shape index (κ2) is 1.87. The Labute approximate surface area is 49.9 Å². The summed E-state index contributed by atoms with van der Waals surface area (Å²) in [5.41, 5.74) is 6.59. The Kier molecular flexibility index (Phi) is 1.21. The van der Waals surface area contributed by atoms with Gasteiger partial charge in [-0.1, -0.05) is 11.3 Å². The summed E-state index contributed by atoms with van der Waals surface area (Å²) in [5.74, 6) is -0.0208. The number of aromatic nitrogens is 2. The zero-order valence-corrected chi connectivity index (χ0v) is 4.77. The van der Waals surface area contributed by atoms with E-state index >= 15 is 0 Å². The van der Waals surface area contributed by atoms with Crippen molar-refractivity contribution in [3.05, 3.63) is 10.5 Å². The number of nitrogens with zero attached hydrogens (tertiary/aromatic N) is 2. The fourth-order valence-electron chi connectivity index (χ4n) is 0.290. The molecule has 0 aromatic carbocycles. The van der Waals surface area contributed by atoms with Gasteiger partial charge in [0.05, 0.1) is 0 Å². The Bertz CT molecular complexity index is 179. The molecule has 0 unspecified atom stereocenters. The number of nitrogen functional groups attached to an aromatic ring is 1. The smallest absolute Gasteiger partial charge is 0.181 e. The monoisotopic (exact) mass is 128 g/mol. The molecular formula is C3H4N4S. The van der Waals surface area contributed by atoms with Gasteiger partial charge in [0.25, 0.3) is 0 Å². The third-order valence-corrected chi connectivity index (χ3v) is 1.31. The SMILES string of the molecule is N=C(N)c1nncs1. The maximum absolute atomic E-state index is 6.84. The minimum atomic E-state index is -0.0208. The first-order valence-corrected chi connectivity index (χ1v) is 2.79. The van der Waals surface area contributed by atoms with Crippen LogP contribution in [0.1, 0.15) is 5.01 Å². The molecule has 0 saturated carbocycles. The first-order chi connectivity index (χ1) is 3.80. The van der Waals surface area contributed by atoms with E-state index in [1.54, 1.807) is 0 Å². The van der Waals surface area contributed by atoms with Gasteiger partial charge in [-0.25, -0.2) is 0 Å². The lowest BCUT2D eigenvalue weighted by atomic mass is 10.7. The first-order valence-electron chi connectivity index (χ1n) is 1.91. The standard InChI is InChI=1S/C3H4N4S/c4-2(5)3-7-6-1-8-3/h1H,(H3,4,5). The van der Waals surface area contributed by atoms with Crippen LogP contribution in [-0.4, -0.2) is 16.0 Å². The third kappa shape index (κ3) is 0.812. The van der Waals surface area contributed by atoms with Crippen molar-refractivity contribution in [2.24, 2.45) is 5.73 Å². The molecule has 0 atom stereocenters. The Morgan fingerprint density at radius 2 is 2.62 bits per heavy atom. The fraction of sp³-hybridized carbons (Fsp3) is 0. The zero-order valence-electron chi connectivity index (χ0n) is 3.96. The summed E-state index contributed by atoms with van der Waals surface area (Å²) in [7, 11) is 0. The summed E-state index contributed by atoms with van der Waals surface area (Å²) in [5, 5.41) is 14.3. The van der Waals surface area contributed by atoms with Crippen LogP contribution in [0.5, 0.6) is 0 Å². The lowest BCUT2D eigenvalue weighted by Crippen LogP contribution is -2.10. The van der Waals surface area contributed by atoms with Crippen LogP contribution in [0.15, 0.2) is 5.51 Å². The molecule has 8 heavy (non-hydrogen) atoms. The molecule has 0 aliphatic rings. The van der Waals surface area contributed by atoms with E-state index in [1.807, 2.05) is 0 Å². The molecule has 42 valence electrons. The second-order valence-corrected chi connectivity index (χ2v) is 1.99. The first kappa shape index (κ1) is 5.17. The van der Waals surface area contributed by atoms with E-state index in [-0.39, 0.29) is 5.84 Å². The van der Waals surface area contributed by atoms with Crippen molar-refractivity contribution in [3.8, 4) is 0 Å². The highest BCUT2D eigenvalue weighted by Crippen LogP contribution is 1.97. The molecule has 3 N–H and O–H groups in total. The third-order valence-electron chi connectivity index (χ3n) is 0.590. The van der Waals surface area contributed by atoms with Gasteiger partial charge in [0.2, 0.25) is 0 Å². The lowest BCUT2D eigenvalue weighted by Gasteiger charge is -1.81. The predicted octanol–water partition coefficient (Wildman–Crippen LogP) is -0.178. The molecule has 0 saturated heterocycles. The molecular weight excluding hydrogens is 124 g/mol. The van der Waals surface area contributed by atoms with Gasteiger partial charge in [-0.3, -0.25) is 5.41 Å². The van der Waals surface area contributed by atoms with Crippen LogP contribution in [0.25, 0.3) is 0 Å². The van der Waals surface area contributed by atoms with E-state index in [9.17, 15) is 0 Å². The van der Waals surface area contributed by atoms with E-state index in [2.05, 4.69) is 10.2 Å². The van der Waals surface area contributed by atoms with Crippen molar-refractivity contribution >= 4 is 17.2 Å². The average Bonchev–Trinajstić information content (AvgIpc) is 2.12. The van der Waals surface area contributed by atoms with Gasteiger partial charge in [0.15, 0.2) is 10.8 Å². The fourth-order valence-corrected chi connectivity index (χ4v) is 0.706. The summed E-state index contributed by atoms with van der Waals surface area (Å²) in [4.78, 5) is 0. The number of hydrogen-bond donors (Lipinski definition) is 2. The van der Waals surface area contributed by atoms with Crippen LogP contribution >= 0.6 is 11.3 Å². The lowest BCUT2D eigenvalue weighted by molar-refractivity contribution is 1.07. The number of rotatable bonds is 1. The van der Waals surface area contributed by atoms with Gasteiger partial charge in [-0.15, -0.1) is 10.2 Å². The molecule has 5 heteroatoms. The molecule has 1 aromatic rings. The molecule has 1 rings (SSSR count). The Morgan fingerprint density at radius 1 is 1.88 bits per heavy atom. The molecule has 0 aliphatic heterocycles. The van der Waals surface area contributed by atoms with Crippen LogP contribution in [0.4, 0.5) is 0 Å². The zero-order chi connectivity index (χ0) is 5.98. The summed E-state index contributed by atoms with van der Waals surface area (Å²) in [6, 6.07) is 0. The maximum Gasteiger partial charge on any atom is 0.181 e. The number of nitrogens with one attached hydrogen (secondary N) is 1. The Morgan fingerprint density at radius 3 is 2.88 bits per heavy atom. The predicted molar refractivity (Wildman–Crippen MR) is 30.9 cm³/mol. The van der Waals surface area contributed by atoms with E-state index in [0.29, 0.717) is 5.01 Å². The topological polar surface area (TPSA) is 75.7 Å². The Hall–Kier alpha value is -0.970. The summed E-state index contributed by atoms with van der Waals surface area (Å²) < 4.78 is 0. The minimum Gasteiger partial charge on any atom is -0.382 e. The van der Waals surface area contributed by atoms with Crippen LogP contribution < -0.4 is 5.73 Å². The summed E-state index contributed by atoms with van der Waals surface area (Å²) >= 11 is 1.26. The molecule has 1 aromatic heterocycles. The Balaban J connectivity index is 2.93. The number of amidine groups is 1. The van der Waals surface area contributed by atoms with E-state index in [0.717, 1.165) is 0 Å². The molecule has 0 aliphatic carbocycles. The van der Waals surface area contributed by atoms with Crippen molar-refractivity contribution in [2.45, 2.75) is 0 Å². The van der Waals surface area contributed by atoms with Crippen molar-refractivity contribution in [3.63, 3.8) is 0 Å². The largest absolute Gasteiger partial charge is 0.382 e. The summed E-state index contributed by atoms with van der Waals surface area (Å²) in [6.45, 7) is 0. The van der Waals surface area contributed by atoms with E-state index in [4.69, 9.17) is 11.1 Å².